The third-order valence-corrected chi connectivity index (χ3v) is 7.07. The molecule has 3 heteroatoms. The van der Waals surface area contributed by atoms with Crippen molar-refractivity contribution in [2.75, 3.05) is 0 Å². The van der Waals surface area contributed by atoms with Crippen molar-refractivity contribution in [2.24, 2.45) is 0 Å². The molecule has 0 heterocycles. The second-order valence-electron chi connectivity index (χ2n) is 5.23. The normalized spacial score (nSPS) is 10.9. The maximum absolute atomic E-state index is 3.70. The molecule has 0 radical (unpaired) electrons. The Morgan fingerprint density at radius 1 is 0.680 bits per heavy atom. The van der Waals surface area contributed by atoms with Crippen LogP contribution in [0.15, 0.2) is 114 Å². The van der Waals surface area contributed by atoms with E-state index in [0.717, 1.165) is 0 Å². The van der Waals surface area contributed by atoms with Crippen molar-refractivity contribution >= 4 is 39.8 Å². The molecule has 0 fully saturated rings. The molecule has 0 aliphatic rings. The summed E-state index contributed by atoms with van der Waals surface area (Å²) in [6, 6.07) is 37.9. The predicted octanol–water partition coefficient (Wildman–Crippen LogP) is 5.33. The van der Waals surface area contributed by atoms with Gasteiger partial charge >= 0.3 is 0 Å². The maximum atomic E-state index is 3.70. The summed E-state index contributed by atoms with van der Waals surface area (Å²) in [7, 11) is -0.477. The molecular weight excluding hydrogens is 431 g/mol. The zero-order valence-electron chi connectivity index (χ0n) is 13.6. The van der Waals surface area contributed by atoms with E-state index in [4.69, 9.17) is 0 Å². The molecule has 25 heavy (non-hydrogen) atoms. The number of hydrogen-bond acceptors (Lipinski definition) is 0. The van der Waals surface area contributed by atoms with Crippen molar-refractivity contribution < 1.29 is 17.1 Å². The van der Waals surface area contributed by atoms with E-state index in [2.05, 4.69) is 94.8 Å². The van der Waals surface area contributed by atoms with Gasteiger partial charge in [-0.1, -0.05) is 72.4 Å². The summed E-state index contributed by atoms with van der Waals surface area (Å²) in [5.41, 5.74) is 0. The van der Waals surface area contributed by atoms with E-state index in [0.29, 0.717) is 0 Å². The molecule has 0 nitrogen and oxygen atoms in total. The molecule has 0 N–H and O–H groups in total. The minimum Gasteiger partial charge on any atom is -0.748 e. The Labute approximate surface area is 170 Å². The number of halogens is 1. The number of rotatable bonds is 3. The Kier molecular flexibility index (Phi) is 8.38. The van der Waals surface area contributed by atoms with Gasteiger partial charge in [-0.25, -0.2) is 12.1 Å². The SMILES string of the molecule is Brc1ccccc1[P@@](c1ccccc1)[c-]1cccc1.[Fe].[cH-]1[cH-][cH-][cH-][cH-]1. The monoisotopic (exact) mass is 448 g/mol. The van der Waals surface area contributed by atoms with Crippen molar-refractivity contribution in [2.45, 2.75) is 0 Å². The molecule has 1 atom stereocenters. The Morgan fingerprint density at radius 2 is 1.20 bits per heavy atom. The van der Waals surface area contributed by atoms with E-state index in [-0.39, 0.29) is 17.1 Å². The van der Waals surface area contributed by atoms with Crippen molar-refractivity contribution in [1.29, 1.82) is 0 Å². The van der Waals surface area contributed by atoms with Gasteiger partial charge in [-0.3, -0.25) is 0 Å². The third kappa shape index (κ3) is 5.53. The molecule has 0 aliphatic heterocycles. The van der Waals surface area contributed by atoms with Crippen LogP contribution in [0.5, 0.6) is 0 Å². The van der Waals surface area contributed by atoms with Crippen LogP contribution in [0, 0.1) is 0 Å². The van der Waals surface area contributed by atoms with Crippen LogP contribution >= 0.6 is 23.9 Å². The van der Waals surface area contributed by atoms with Crippen LogP contribution in [0.2, 0.25) is 0 Å². The molecule has 0 bridgehead atoms. The summed E-state index contributed by atoms with van der Waals surface area (Å²) < 4.78 is 1.19. The smallest absolute Gasteiger partial charge is 0.0248 e. The van der Waals surface area contributed by atoms with Gasteiger partial charge in [0.05, 0.1) is 0 Å². The molecule has 4 aromatic rings. The first-order valence-electron chi connectivity index (χ1n) is 7.84. The molecule has 0 aromatic heterocycles. The molecule has 0 amide bonds. The van der Waals surface area contributed by atoms with Gasteiger partial charge in [0.2, 0.25) is 0 Å². The van der Waals surface area contributed by atoms with E-state index in [9.17, 15) is 0 Å². The molecule has 0 aliphatic carbocycles. The minimum absolute atomic E-state index is 0. The van der Waals surface area contributed by atoms with Gasteiger partial charge in [-0.05, 0) is 16.7 Å². The quantitative estimate of drug-likeness (QED) is 0.226. The molecule has 4 aromatic carbocycles. The fourth-order valence-electron chi connectivity index (χ4n) is 2.47. The number of hydrogen-bond donors (Lipinski definition) is 0. The number of benzene rings is 2. The van der Waals surface area contributed by atoms with Crippen LogP contribution in [0.4, 0.5) is 0 Å². The van der Waals surface area contributed by atoms with Crippen LogP contribution < -0.4 is 15.9 Å². The topological polar surface area (TPSA) is 0 Å². The van der Waals surface area contributed by atoms with Crippen LogP contribution in [-0.4, -0.2) is 0 Å². The van der Waals surface area contributed by atoms with Crippen molar-refractivity contribution in [3.63, 3.8) is 0 Å². The summed E-state index contributed by atoms with van der Waals surface area (Å²) in [6.07, 6.45) is 0. The molecule has 0 saturated carbocycles. The Morgan fingerprint density at radius 3 is 1.76 bits per heavy atom. The van der Waals surface area contributed by atoms with Crippen molar-refractivity contribution in [1.82, 2.24) is 0 Å². The van der Waals surface area contributed by atoms with Gasteiger partial charge in [0.25, 0.3) is 0 Å². The molecular formula is C22H18BrFeP-6. The molecule has 4 rings (SSSR count). The standard InChI is InChI=1S/C17H13BrP.C5H5.Fe/c18-16-12-6-7-13-17(16)19(15-10-4-5-11-15)14-8-2-1-3-9-14;1-2-4-5-3-1;/h1-13H;1-5H;/q-1;-5;/t19-;;/m0../s1. The zero-order chi connectivity index (χ0) is 16.6. The second kappa shape index (κ2) is 10.5. The molecule has 0 unspecified atom stereocenters. The average Bonchev–Trinajstić information content (AvgIpc) is 3.34. The summed E-state index contributed by atoms with van der Waals surface area (Å²) in [6.45, 7) is 0. The van der Waals surface area contributed by atoms with E-state index in [1.54, 1.807) is 0 Å². The first-order valence-corrected chi connectivity index (χ1v) is 9.98. The predicted molar refractivity (Wildman–Crippen MR) is 110 cm³/mol. The van der Waals surface area contributed by atoms with E-state index in [1.807, 2.05) is 30.3 Å². The van der Waals surface area contributed by atoms with Gasteiger partial charge in [0, 0.05) is 21.5 Å². The molecule has 0 spiro atoms. The van der Waals surface area contributed by atoms with Crippen LogP contribution in [0.3, 0.4) is 0 Å². The minimum atomic E-state index is -0.477. The summed E-state index contributed by atoms with van der Waals surface area (Å²) in [5.74, 6) is 0. The second-order valence-corrected chi connectivity index (χ2v) is 8.27. The van der Waals surface area contributed by atoms with Crippen molar-refractivity contribution in [3.05, 3.63) is 114 Å². The van der Waals surface area contributed by atoms with E-state index < -0.39 is 7.92 Å². The zero-order valence-corrected chi connectivity index (χ0v) is 17.2. The first-order chi connectivity index (χ1) is 11.9. The maximum Gasteiger partial charge on any atom is 0.0248 e. The van der Waals surface area contributed by atoms with Crippen LogP contribution in [-0.2, 0) is 17.1 Å². The van der Waals surface area contributed by atoms with Crippen LogP contribution in [0.25, 0.3) is 0 Å². The van der Waals surface area contributed by atoms with Gasteiger partial charge in [0.1, 0.15) is 0 Å². The molecule has 0 saturated heterocycles. The van der Waals surface area contributed by atoms with E-state index >= 15 is 0 Å². The Balaban J connectivity index is 0.000000325. The fourth-order valence-corrected chi connectivity index (χ4v) is 5.61. The Hall–Kier alpha value is -1.43. The van der Waals surface area contributed by atoms with E-state index in [1.165, 1.54) is 20.4 Å². The molecule has 132 valence electrons. The summed E-state index contributed by atoms with van der Waals surface area (Å²) in [5, 5.41) is 4.15. The van der Waals surface area contributed by atoms with Gasteiger partial charge in [-0.2, -0.15) is 12.1 Å². The van der Waals surface area contributed by atoms with Crippen molar-refractivity contribution in [3.8, 4) is 0 Å². The average molecular weight is 449 g/mol. The summed E-state index contributed by atoms with van der Waals surface area (Å²) >= 11 is 3.70. The summed E-state index contributed by atoms with van der Waals surface area (Å²) in [4.78, 5) is 0. The fraction of sp³-hybridized carbons (Fsp3) is 0. The van der Waals surface area contributed by atoms with Crippen LogP contribution in [0.1, 0.15) is 0 Å². The third-order valence-electron chi connectivity index (χ3n) is 3.57. The largest absolute Gasteiger partial charge is 0.748 e. The Bertz CT molecular complexity index is 806. The first kappa shape index (κ1) is 19.9. The van der Waals surface area contributed by atoms with Gasteiger partial charge in [-0.15, -0.1) is 5.30 Å². The van der Waals surface area contributed by atoms with Gasteiger partial charge < -0.3 is 30.3 Å². The van der Waals surface area contributed by atoms with Gasteiger partial charge in [0.15, 0.2) is 0 Å².